The minimum Gasteiger partial charge on any atom is -0.398 e. The van der Waals surface area contributed by atoms with E-state index in [1.807, 2.05) is 35.2 Å². The summed E-state index contributed by atoms with van der Waals surface area (Å²) in [7, 11) is 0. The van der Waals surface area contributed by atoms with E-state index in [0.29, 0.717) is 35.5 Å². The summed E-state index contributed by atoms with van der Waals surface area (Å²) in [5.41, 5.74) is 11.7. The van der Waals surface area contributed by atoms with Crippen molar-refractivity contribution >= 4 is 46.7 Å². The molecule has 3 heterocycles. The van der Waals surface area contributed by atoms with Crippen molar-refractivity contribution in [3.8, 4) is 22.4 Å². The van der Waals surface area contributed by atoms with Crippen LogP contribution in [0.15, 0.2) is 54.6 Å². The molecule has 6 N–H and O–H groups in total. The number of fused-ring (bicyclic) bond motifs is 2. The molecule has 9 nitrogen and oxygen atoms in total. The van der Waals surface area contributed by atoms with Crippen LogP contribution in [0, 0.1) is 0 Å². The Hall–Kier alpha value is -4.18. The Balaban J connectivity index is 0.00000294. The molecule has 0 spiro atoms. The molecule has 0 aliphatic carbocycles. The van der Waals surface area contributed by atoms with E-state index in [0.717, 1.165) is 35.1 Å². The summed E-state index contributed by atoms with van der Waals surface area (Å²) in [6, 6.07) is 16.4. The van der Waals surface area contributed by atoms with Crippen LogP contribution in [0.25, 0.3) is 33.3 Å². The van der Waals surface area contributed by atoms with Crippen molar-refractivity contribution in [3.05, 3.63) is 76.9 Å². The number of rotatable bonds is 4. The number of benzene rings is 3. The molecule has 10 heteroatoms. The average molecular weight is 532 g/mol. The summed E-state index contributed by atoms with van der Waals surface area (Å²) in [6.07, 6.45) is 0. The average Bonchev–Trinajstić information content (AvgIpc) is 3.49. The topological polar surface area (TPSA) is 141 Å². The van der Waals surface area contributed by atoms with Crippen molar-refractivity contribution in [3.63, 3.8) is 0 Å². The van der Waals surface area contributed by atoms with Crippen LogP contribution >= 0.6 is 12.4 Å². The third-order valence-electron chi connectivity index (χ3n) is 7.06. The monoisotopic (exact) mass is 531 g/mol. The number of anilines is 1. The number of hydrogen-bond donors (Lipinski definition) is 5. The molecule has 1 aromatic heterocycles. The number of nitrogens with two attached hydrogens (primary N) is 1. The second-order valence-electron chi connectivity index (χ2n) is 9.30. The Labute approximate surface area is 224 Å². The summed E-state index contributed by atoms with van der Waals surface area (Å²) in [5.74, 6) is -1.05. The Morgan fingerprint density at radius 2 is 1.63 bits per heavy atom. The molecule has 0 atom stereocenters. The molecular formula is C28H26ClN5O4. The largest absolute Gasteiger partial charge is 0.398 e. The number of H-pyrrole nitrogens is 1. The Kier molecular flexibility index (Phi) is 6.66. The number of aromatic amines is 1. The maximum Gasteiger partial charge on any atom is 0.261 e. The van der Waals surface area contributed by atoms with Gasteiger partial charge < -0.3 is 26.0 Å². The van der Waals surface area contributed by atoms with Gasteiger partial charge in [0.1, 0.15) is 0 Å². The Morgan fingerprint density at radius 1 is 0.921 bits per heavy atom. The van der Waals surface area contributed by atoms with Gasteiger partial charge in [-0.2, -0.15) is 0 Å². The lowest BCUT2D eigenvalue weighted by molar-refractivity contribution is 0.0735. The van der Waals surface area contributed by atoms with Gasteiger partial charge in [0.15, 0.2) is 0 Å². The van der Waals surface area contributed by atoms with E-state index in [2.05, 4.69) is 15.6 Å². The molecule has 6 rings (SSSR count). The first kappa shape index (κ1) is 25.5. The lowest BCUT2D eigenvalue weighted by Gasteiger charge is -2.27. The quantitative estimate of drug-likeness (QED) is 0.202. The van der Waals surface area contributed by atoms with Crippen molar-refractivity contribution in [1.29, 1.82) is 0 Å². The van der Waals surface area contributed by atoms with Crippen LogP contribution in [-0.4, -0.2) is 58.9 Å². The van der Waals surface area contributed by atoms with E-state index in [9.17, 15) is 19.5 Å². The van der Waals surface area contributed by atoms with Gasteiger partial charge >= 0.3 is 0 Å². The van der Waals surface area contributed by atoms with E-state index < -0.39 is 11.8 Å². The summed E-state index contributed by atoms with van der Waals surface area (Å²) in [5, 5.41) is 15.8. The minimum atomic E-state index is -0.535. The number of hydrogen-bond acceptors (Lipinski definition) is 6. The number of nitrogen functional groups attached to an aromatic ring is 1. The third-order valence-corrected chi connectivity index (χ3v) is 7.06. The SMILES string of the molecule is Cl.Nc1c(-c2ccc(CO)cc2)cc(-c2cc3cc(C(=O)N4CCNCC4)ccc3[nH]2)c2c1C(=O)NC2=O. The predicted molar refractivity (Wildman–Crippen MR) is 147 cm³/mol. The number of nitrogens with one attached hydrogen (secondary N) is 3. The molecule has 38 heavy (non-hydrogen) atoms. The molecule has 1 saturated heterocycles. The zero-order valence-corrected chi connectivity index (χ0v) is 21.2. The van der Waals surface area contributed by atoms with Gasteiger partial charge in [0.2, 0.25) is 0 Å². The standard InChI is InChI=1S/C28H25N5O4.ClH/c29-25-19(16-3-1-15(14-34)2-4-16)13-20(23-24(25)27(36)32-26(23)35)22-12-18-11-17(5-6-21(18)31-22)28(37)33-9-7-30-8-10-33;/h1-6,11-13,30-31,34H,7-10,14,29H2,(H,32,35,36);1H. The van der Waals surface area contributed by atoms with Crippen molar-refractivity contribution in [2.45, 2.75) is 6.61 Å². The van der Waals surface area contributed by atoms with Crippen LogP contribution in [0.5, 0.6) is 0 Å². The highest BCUT2D eigenvalue weighted by Crippen LogP contribution is 2.40. The lowest BCUT2D eigenvalue weighted by atomic mass is 9.91. The van der Waals surface area contributed by atoms with Crippen LogP contribution in [0.4, 0.5) is 5.69 Å². The fourth-order valence-electron chi connectivity index (χ4n) is 5.10. The van der Waals surface area contributed by atoms with Gasteiger partial charge in [0, 0.05) is 59.5 Å². The van der Waals surface area contributed by atoms with Gasteiger partial charge in [-0.3, -0.25) is 19.7 Å². The molecule has 1 fully saturated rings. The maximum absolute atomic E-state index is 13.0. The number of aromatic nitrogens is 1. The molecule has 0 radical (unpaired) electrons. The van der Waals surface area contributed by atoms with E-state index in [1.165, 1.54) is 0 Å². The second kappa shape index (κ2) is 9.94. The van der Waals surface area contributed by atoms with Crippen molar-refractivity contribution in [2.75, 3.05) is 31.9 Å². The van der Waals surface area contributed by atoms with Crippen LogP contribution in [0.2, 0.25) is 0 Å². The van der Waals surface area contributed by atoms with Crippen LogP contribution in [-0.2, 0) is 6.61 Å². The van der Waals surface area contributed by atoms with Crippen molar-refractivity contribution < 1.29 is 19.5 Å². The molecular weight excluding hydrogens is 506 g/mol. The Morgan fingerprint density at radius 3 is 2.34 bits per heavy atom. The van der Waals surface area contributed by atoms with Crippen LogP contribution < -0.4 is 16.4 Å². The summed E-state index contributed by atoms with van der Waals surface area (Å²) < 4.78 is 0. The summed E-state index contributed by atoms with van der Waals surface area (Å²) in [6.45, 7) is 2.79. The highest BCUT2D eigenvalue weighted by Gasteiger charge is 2.34. The fourth-order valence-corrected chi connectivity index (χ4v) is 5.10. The number of halogens is 1. The van der Waals surface area contributed by atoms with Crippen LogP contribution in [0.1, 0.15) is 36.6 Å². The summed E-state index contributed by atoms with van der Waals surface area (Å²) >= 11 is 0. The number of imide groups is 1. The molecule has 0 bridgehead atoms. The van der Waals surface area contributed by atoms with Crippen LogP contribution in [0.3, 0.4) is 0 Å². The molecule has 2 aliphatic heterocycles. The predicted octanol–water partition coefficient (Wildman–Crippen LogP) is 2.93. The highest BCUT2D eigenvalue weighted by atomic mass is 35.5. The first-order valence-electron chi connectivity index (χ1n) is 12.1. The molecule has 0 unspecified atom stereocenters. The van der Waals surface area contributed by atoms with E-state index >= 15 is 0 Å². The molecule has 2 aliphatic rings. The van der Waals surface area contributed by atoms with E-state index in [-0.39, 0.29) is 41.7 Å². The first-order valence-corrected chi connectivity index (χ1v) is 12.1. The molecule has 4 aromatic rings. The number of piperazine rings is 1. The van der Waals surface area contributed by atoms with Gasteiger partial charge in [-0.25, -0.2) is 0 Å². The zero-order chi connectivity index (χ0) is 25.7. The van der Waals surface area contributed by atoms with Gasteiger partial charge in [0.25, 0.3) is 17.7 Å². The van der Waals surface area contributed by atoms with Gasteiger partial charge in [-0.15, -0.1) is 12.4 Å². The molecule has 3 aromatic carbocycles. The fraction of sp³-hybridized carbons (Fsp3) is 0.179. The number of amides is 3. The van der Waals surface area contributed by atoms with Crippen molar-refractivity contribution in [1.82, 2.24) is 20.5 Å². The normalized spacial score (nSPS) is 14.8. The first-order chi connectivity index (χ1) is 17.9. The van der Waals surface area contributed by atoms with Crippen molar-refractivity contribution in [2.24, 2.45) is 0 Å². The van der Waals surface area contributed by atoms with Gasteiger partial charge in [-0.1, -0.05) is 24.3 Å². The summed E-state index contributed by atoms with van der Waals surface area (Å²) in [4.78, 5) is 43.7. The number of carbonyl (C=O) groups is 3. The second-order valence-corrected chi connectivity index (χ2v) is 9.30. The Bertz CT molecular complexity index is 1590. The lowest BCUT2D eigenvalue weighted by Crippen LogP contribution is -2.46. The maximum atomic E-state index is 13.0. The minimum absolute atomic E-state index is 0. The molecule has 194 valence electrons. The molecule has 3 amide bonds. The third kappa shape index (κ3) is 4.20. The zero-order valence-electron chi connectivity index (χ0n) is 20.3. The highest BCUT2D eigenvalue weighted by molar-refractivity contribution is 6.27. The molecule has 0 saturated carbocycles. The number of aliphatic hydroxyl groups is 1. The van der Waals surface area contributed by atoms with Gasteiger partial charge in [-0.05, 0) is 41.5 Å². The smallest absolute Gasteiger partial charge is 0.261 e. The number of carbonyl (C=O) groups excluding carboxylic acids is 3. The number of nitrogens with zero attached hydrogens (tertiary/aromatic N) is 1. The number of aliphatic hydroxyl groups excluding tert-OH is 1. The van der Waals surface area contributed by atoms with E-state index in [4.69, 9.17) is 5.73 Å². The van der Waals surface area contributed by atoms with Gasteiger partial charge in [0.05, 0.1) is 23.4 Å². The van der Waals surface area contributed by atoms with E-state index in [1.54, 1.807) is 24.3 Å².